The number of nitrogens with two attached hydrogens (primary N) is 3. The number of aliphatic hydroxyl groups excluding tert-OH is 1. The number of phenolic OH excluding ortho intramolecular Hbond substituents is 2. The maximum atomic E-state index is 14.3. The number of carbonyl (C=O) groups is 9. The van der Waals surface area contributed by atoms with E-state index in [0.29, 0.717) is 41.3 Å². The molecule has 0 aromatic heterocycles. The van der Waals surface area contributed by atoms with E-state index >= 15 is 0 Å². The molecular weight excluding hydrogens is 905 g/mol. The van der Waals surface area contributed by atoms with Gasteiger partial charge in [-0.1, -0.05) is 48.2 Å². The Morgan fingerprint density at radius 3 is 1.78 bits per heavy atom. The number of primary amides is 2. The molecule has 16 N–H and O–H groups in total. The first-order valence-corrected chi connectivity index (χ1v) is 22.7. The quantitative estimate of drug-likeness (QED) is 0.0732. The summed E-state index contributed by atoms with van der Waals surface area (Å²) in [5.74, 6) is -7.66. The van der Waals surface area contributed by atoms with E-state index in [-0.39, 0.29) is 62.3 Å². The molecule has 1 aliphatic rings. The summed E-state index contributed by atoms with van der Waals surface area (Å²) in [4.78, 5) is 121. The molecule has 1 fully saturated rings. The highest BCUT2D eigenvalue weighted by Crippen LogP contribution is 2.15. The SMILES string of the molecule is CC(O)C1NC(=O)[C@H](CCCCN)NC(=O)[C@@H](Cc2ccc(C(N)=O)cc2)NC(=O)[C@H](Cc2ccc(O)cc2)NC(=O)CCNC(=O)SC[C@@H](C(=O)N[C@H](Cc2ccc(O)cc2)C(N)=O)NC1=O. The Labute approximate surface area is 395 Å². The average Bonchev–Trinajstić information content (AvgIpc) is 3.29. The lowest BCUT2D eigenvalue weighted by Gasteiger charge is -2.28. The molecule has 0 aliphatic carbocycles. The van der Waals surface area contributed by atoms with Crippen LogP contribution in [0.3, 0.4) is 0 Å². The maximum Gasteiger partial charge on any atom is 0.279 e. The number of aromatic hydroxyl groups is 2. The van der Waals surface area contributed by atoms with Crippen molar-refractivity contribution in [2.75, 3.05) is 18.8 Å². The van der Waals surface area contributed by atoms with Gasteiger partial charge in [-0.05, 0) is 85.8 Å². The highest BCUT2D eigenvalue weighted by molar-refractivity contribution is 8.13. The highest BCUT2D eigenvalue weighted by Gasteiger charge is 2.35. The summed E-state index contributed by atoms with van der Waals surface area (Å²) in [6.45, 7) is 1.14. The van der Waals surface area contributed by atoms with Crippen molar-refractivity contribution in [3.8, 4) is 11.5 Å². The third-order valence-electron chi connectivity index (χ3n) is 10.7. The fourth-order valence-corrected chi connectivity index (χ4v) is 7.61. The molecule has 9 amide bonds. The Morgan fingerprint density at radius 1 is 0.706 bits per heavy atom. The van der Waals surface area contributed by atoms with E-state index in [1.165, 1.54) is 79.7 Å². The van der Waals surface area contributed by atoms with Gasteiger partial charge in [-0.2, -0.15) is 0 Å². The second-order valence-electron chi connectivity index (χ2n) is 16.1. The van der Waals surface area contributed by atoms with Crippen LogP contribution in [0.1, 0.15) is 59.7 Å². The Balaban J connectivity index is 1.72. The number of aliphatic hydroxyl groups is 1. The molecule has 0 bridgehead atoms. The van der Waals surface area contributed by atoms with Crippen molar-refractivity contribution in [3.05, 3.63) is 95.1 Å². The molecule has 7 atom stereocenters. The second-order valence-corrected chi connectivity index (χ2v) is 17.1. The lowest BCUT2D eigenvalue weighted by molar-refractivity contribution is -0.136. The topological polar surface area (TPSA) is 377 Å². The van der Waals surface area contributed by atoms with Crippen molar-refractivity contribution in [3.63, 3.8) is 0 Å². The molecule has 23 heteroatoms. The van der Waals surface area contributed by atoms with Gasteiger partial charge in [-0.15, -0.1) is 0 Å². The summed E-state index contributed by atoms with van der Waals surface area (Å²) in [5.41, 5.74) is 18.4. The van der Waals surface area contributed by atoms with Crippen molar-refractivity contribution in [1.29, 1.82) is 0 Å². The van der Waals surface area contributed by atoms with Gasteiger partial charge in [0, 0.05) is 43.5 Å². The number of hydrogen-bond donors (Lipinski definition) is 13. The smallest absolute Gasteiger partial charge is 0.279 e. The zero-order valence-corrected chi connectivity index (χ0v) is 38.0. The standard InChI is InChI=1S/C45H58N10O12S/c1-24(56)37-44(66)54-35(43(65)52-32(39(48)61)20-26-7-13-29(57)14-8-26)23-68-45(67)49-19-17-36(59)50-33(21-27-9-15-30(58)16-10-27)41(63)53-34(22-25-5-11-28(12-6-25)38(47)60)42(64)51-31(40(62)55-37)4-2-3-18-46/h5-16,24,31-35,37,56-58H,2-4,17-23,46H2,1H3,(H2,47,60)(H2,48,61)(H,49,67)(H,50,59)(H,51,64)(H,52,65)(H,53,63)(H,54,66)(H,55,62)/t24?,31-,32+,33-,34+,35-,37?/m0/s1. The first-order chi connectivity index (χ1) is 32.3. The molecule has 22 nitrogen and oxygen atoms in total. The molecule has 3 aromatic carbocycles. The summed E-state index contributed by atoms with van der Waals surface area (Å²) in [7, 11) is 0. The molecule has 0 spiro atoms. The summed E-state index contributed by atoms with van der Waals surface area (Å²) in [6.07, 6.45) is -1.75. The molecule has 68 heavy (non-hydrogen) atoms. The number of carbonyl (C=O) groups excluding carboxylic acids is 9. The predicted molar refractivity (Wildman–Crippen MR) is 248 cm³/mol. The second kappa shape index (κ2) is 26.2. The number of hydrogen-bond acceptors (Lipinski definition) is 14. The van der Waals surface area contributed by atoms with Crippen LogP contribution in [0, 0.1) is 0 Å². The molecule has 0 radical (unpaired) electrons. The number of thioether (sulfide) groups is 1. The summed E-state index contributed by atoms with van der Waals surface area (Å²) in [6, 6.07) is 8.51. The Hall–Kier alpha value is -7.24. The van der Waals surface area contributed by atoms with Gasteiger partial charge < -0.3 is 69.7 Å². The van der Waals surface area contributed by atoms with Gasteiger partial charge in [0.2, 0.25) is 47.3 Å². The van der Waals surface area contributed by atoms with Gasteiger partial charge >= 0.3 is 0 Å². The summed E-state index contributed by atoms with van der Waals surface area (Å²) in [5, 5.41) is 47.4. The predicted octanol–water partition coefficient (Wildman–Crippen LogP) is -2.02. The molecule has 0 saturated carbocycles. The number of benzene rings is 3. The lowest BCUT2D eigenvalue weighted by Crippen LogP contribution is -2.62. The van der Waals surface area contributed by atoms with E-state index in [1.54, 1.807) is 0 Å². The Morgan fingerprint density at radius 2 is 1.24 bits per heavy atom. The van der Waals surface area contributed by atoms with Gasteiger partial charge in [-0.25, -0.2) is 0 Å². The minimum atomic E-state index is -1.76. The van der Waals surface area contributed by atoms with Crippen LogP contribution in [0.25, 0.3) is 0 Å². The molecule has 1 aliphatic heterocycles. The van der Waals surface area contributed by atoms with Crippen LogP contribution >= 0.6 is 11.8 Å². The third kappa shape index (κ3) is 17.2. The monoisotopic (exact) mass is 962 g/mol. The third-order valence-corrected chi connectivity index (χ3v) is 11.6. The van der Waals surface area contributed by atoms with E-state index in [9.17, 15) is 58.5 Å². The number of nitrogens with one attached hydrogen (secondary N) is 7. The van der Waals surface area contributed by atoms with E-state index in [0.717, 1.165) is 0 Å². The first kappa shape index (κ1) is 53.4. The Bertz CT molecular complexity index is 2260. The van der Waals surface area contributed by atoms with Crippen LogP contribution < -0.4 is 54.4 Å². The molecule has 3 aromatic rings. The molecule has 366 valence electrons. The van der Waals surface area contributed by atoms with E-state index in [2.05, 4.69) is 37.2 Å². The van der Waals surface area contributed by atoms with Gasteiger partial charge in [-0.3, -0.25) is 43.2 Å². The summed E-state index contributed by atoms with van der Waals surface area (Å²) < 4.78 is 0. The van der Waals surface area contributed by atoms with Crippen LogP contribution in [0.4, 0.5) is 4.79 Å². The lowest BCUT2D eigenvalue weighted by atomic mass is 10.0. The van der Waals surface area contributed by atoms with Crippen LogP contribution in [0.5, 0.6) is 11.5 Å². The van der Waals surface area contributed by atoms with E-state index in [4.69, 9.17) is 17.2 Å². The largest absolute Gasteiger partial charge is 0.508 e. The van der Waals surface area contributed by atoms with Crippen molar-refractivity contribution in [2.45, 2.75) is 94.2 Å². The molecule has 1 heterocycles. The van der Waals surface area contributed by atoms with Crippen LogP contribution in [-0.2, 0) is 52.8 Å². The van der Waals surface area contributed by atoms with Crippen molar-refractivity contribution in [1.82, 2.24) is 37.2 Å². The number of phenols is 2. The highest BCUT2D eigenvalue weighted by atomic mass is 32.2. The van der Waals surface area contributed by atoms with Crippen LogP contribution in [-0.4, -0.2) is 129 Å². The van der Waals surface area contributed by atoms with E-state index < -0.39 is 101 Å². The molecule has 2 unspecified atom stereocenters. The molecule has 4 rings (SSSR count). The zero-order chi connectivity index (χ0) is 49.9. The van der Waals surface area contributed by atoms with E-state index in [1.807, 2.05) is 0 Å². The zero-order valence-electron chi connectivity index (χ0n) is 37.2. The fourth-order valence-electron chi connectivity index (χ4n) is 6.85. The minimum Gasteiger partial charge on any atom is -0.508 e. The molecule has 1 saturated heterocycles. The number of amides is 9. The first-order valence-electron chi connectivity index (χ1n) is 21.7. The van der Waals surface area contributed by atoms with Crippen LogP contribution in [0.2, 0.25) is 0 Å². The number of unbranched alkanes of at least 4 members (excludes halogenated alkanes) is 1. The van der Waals surface area contributed by atoms with Crippen molar-refractivity contribution >= 4 is 64.3 Å². The van der Waals surface area contributed by atoms with Gasteiger partial charge in [0.05, 0.1) is 6.10 Å². The van der Waals surface area contributed by atoms with Crippen LogP contribution in [0.15, 0.2) is 72.8 Å². The number of rotatable bonds is 15. The van der Waals surface area contributed by atoms with Gasteiger partial charge in [0.25, 0.3) is 5.24 Å². The minimum absolute atomic E-state index is 0.0389. The fraction of sp³-hybridized carbons (Fsp3) is 0.400. The maximum absolute atomic E-state index is 14.3. The average molecular weight is 963 g/mol. The Kier molecular flexibility index (Phi) is 20.6. The molecular formula is C45H58N10O12S. The van der Waals surface area contributed by atoms with Crippen molar-refractivity contribution in [2.24, 2.45) is 17.2 Å². The van der Waals surface area contributed by atoms with Gasteiger partial charge in [0.1, 0.15) is 47.8 Å². The van der Waals surface area contributed by atoms with Gasteiger partial charge in [0.15, 0.2) is 0 Å². The summed E-state index contributed by atoms with van der Waals surface area (Å²) >= 11 is 0.522. The van der Waals surface area contributed by atoms with Crippen molar-refractivity contribution < 1.29 is 58.5 Å². The normalized spacial score (nSPS) is 21.2.